The second-order valence-corrected chi connectivity index (χ2v) is 7.72. The Balaban J connectivity index is 0.000000370. The Hall–Kier alpha value is -2.62. The van der Waals surface area contributed by atoms with Gasteiger partial charge in [0.25, 0.3) is 5.91 Å². The third kappa shape index (κ3) is 5.47. The Bertz CT molecular complexity index is 1080. The van der Waals surface area contributed by atoms with Crippen LogP contribution in [-0.2, 0) is 10.1 Å². The number of hydrogen-bond acceptors (Lipinski definition) is 7. The van der Waals surface area contributed by atoms with Gasteiger partial charge in [0.15, 0.2) is 0 Å². The Morgan fingerprint density at radius 1 is 1.07 bits per heavy atom. The van der Waals surface area contributed by atoms with Crippen molar-refractivity contribution in [3.8, 4) is 0 Å². The van der Waals surface area contributed by atoms with Gasteiger partial charge in [-0.15, -0.1) is 5.10 Å². The molecule has 3 aromatic rings. The van der Waals surface area contributed by atoms with Crippen molar-refractivity contribution in [2.24, 2.45) is 0 Å². The number of nitrogens with zero attached hydrogens (tertiary/aromatic N) is 4. The quantitative estimate of drug-likeness (QED) is 0.587. The van der Waals surface area contributed by atoms with Gasteiger partial charge in [-0.3, -0.25) is 4.79 Å². The molecule has 0 amide bonds. The molecule has 2 aromatic carbocycles. The third-order valence-electron chi connectivity index (χ3n) is 4.52. The van der Waals surface area contributed by atoms with Gasteiger partial charge in [0, 0.05) is 0 Å². The van der Waals surface area contributed by atoms with E-state index in [4.69, 9.17) is 0 Å². The van der Waals surface area contributed by atoms with Crippen molar-refractivity contribution in [3.63, 3.8) is 0 Å². The zero-order chi connectivity index (χ0) is 21.6. The van der Waals surface area contributed by atoms with Gasteiger partial charge in [-0.1, -0.05) is 44.2 Å². The van der Waals surface area contributed by atoms with Crippen molar-refractivity contribution in [1.82, 2.24) is 19.9 Å². The molecule has 0 aliphatic heterocycles. The van der Waals surface area contributed by atoms with E-state index >= 15 is 0 Å². The molecule has 1 aromatic heterocycles. The lowest BCUT2D eigenvalue weighted by Crippen LogP contribution is -2.21. The fourth-order valence-electron chi connectivity index (χ4n) is 2.83. The summed E-state index contributed by atoms with van der Waals surface area (Å²) in [6.07, 6.45) is 0. The molecule has 0 radical (unpaired) electrons. The average Bonchev–Trinajstić information content (AvgIpc) is 3.11. The summed E-state index contributed by atoms with van der Waals surface area (Å²) in [5, 5.41) is 7.64. The van der Waals surface area contributed by atoms with Crippen molar-refractivity contribution in [2.45, 2.75) is 32.6 Å². The first kappa shape index (κ1) is 22.7. The summed E-state index contributed by atoms with van der Waals surface area (Å²) >= 11 is 0. The van der Waals surface area contributed by atoms with E-state index in [-0.39, 0.29) is 5.56 Å². The van der Waals surface area contributed by atoms with Gasteiger partial charge in [0.2, 0.25) is 0 Å². The van der Waals surface area contributed by atoms with Crippen LogP contribution in [-0.4, -0.2) is 58.4 Å². The van der Waals surface area contributed by atoms with Gasteiger partial charge in [0.1, 0.15) is 15.6 Å². The second kappa shape index (κ2) is 9.73. The molecule has 29 heavy (non-hydrogen) atoms. The summed E-state index contributed by atoms with van der Waals surface area (Å²) in [7, 11) is -4.76. The van der Waals surface area contributed by atoms with Crippen molar-refractivity contribution < 1.29 is 17.8 Å². The molecule has 3 rings (SSSR count). The minimum atomic E-state index is -4.76. The third-order valence-corrected chi connectivity index (χ3v) is 5.42. The molecule has 0 bridgehead atoms. The van der Waals surface area contributed by atoms with Crippen LogP contribution in [0.4, 0.5) is 0 Å². The van der Waals surface area contributed by atoms with E-state index in [9.17, 15) is 17.8 Å². The van der Waals surface area contributed by atoms with E-state index in [0.29, 0.717) is 11.0 Å². The molecule has 156 valence electrons. The highest BCUT2D eigenvalue weighted by atomic mass is 32.2. The van der Waals surface area contributed by atoms with E-state index < -0.39 is 20.9 Å². The number of rotatable bonds is 5. The first-order valence-electron chi connectivity index (χ1n) is 9.36. The van der Waals surface area contributed by atoms with Gasteiger partial charge in [-0.2, -0.15) is 4.68 Å². The lowest BCUT2D eigenvalue weighted by atomic mass is 10.2. The van der Waals surface area contributed by atoms with Gasteiger partial charge in [-0.05, 0) is 56.4 Å². The molecular weight excluding hydrogens is 392 g/mol. The molecule has 9 heteroatoms. The Morgan fingerprint density at radius 3 is 2.24 bits per heavy atom. The molecule has 0 fully saturated rings. The van der Waals surface area contributed by atoms with E-state index in [1.165, 1.54) is 37.8 Å². The molecule has 0 N–H and O–H groups in total. The Labute approximate surface area is 170 Å². The van der Waals surface area contributed by atoms with E-state index in [2.05, 4.69) is 36.0 Å². The largest absolute Gasteiger partial charge is 0.744 e. The van der Waals surface area contributed by atoms with Crippen LogP contribution in [0.15, 0.2) is 47.4 Å². The zero-order valence-electron chi connectivity index (χ0n) is 17.0. The minimum absolute atomic E-state index is 0.232. The second-order valence-electron chi connectivity index (χ2n) is 6.37. The molecule has 0 saturated heterocycles. The fraction of sp³-hybridized carbons (Fsp3) is 0.350. The highest BCUT2D eigenvalue weighted by Crippen LogP contribution is 2.19. The van der Waals surface area contributed by atoms with Crippen molar-refractivity contribution in [2.75, 3.05) is 19.6 Å². The highest BCUT2D eigenvalue weighted by Gasteiger charge is 2.19. The SMILES string of the molecule is CCN(CC)CC.Cc1ccc2c(c1)nnn2C(=O)c1ccccc1S(=O)(=O)[O-]. The molecule has 8 nitrogen and oxygen atoms in total. The molecule has 0 saturated carbocycles. The Morgan fingerprint density at radius 2 is 1.69 bits per heavy atom. The molecule has 0 atom stereocenters. The van der Waals surface area contributed by atoms with Gasteiger partial charge >= 0.3 is 0 Å². The smallest absolute Gasteiger partial charge is 0.281 e. The predicted octanol–water partition coefficient (Wildman–Crippen LogP) is 2.68. The first-order valence-corrected chi connectivity index (χ1v) is 10.8. The van der Waals surface area contributed by atoms with E-state index in [1.54, 1.807) is 18.2 Å². The van der Waals surface area contributed by atoms with Crippen LogP contribution in [0.2, 0.25) is 0 Å². The molecule has 0 unspecified atom stereocenters. The van der Waals surface area contributed by atoms with Crippen LogP contribution in [0.1, 0.15) is 36.7 Å². The van der Waals surface area contributed by atoms with Crippen LogP contribution in [0.3, 0.4) is 0 Å². The van der Waals surface area contributed by atoms with Crippen LogP contribution in [0.25, 0.3) is 11.0 Å². The maximum atomic E-state index is 12.5. The molecule has 0 aliphatic carbocycles. The van der Waals surface area contributed by atoms with Crippen LogP contribution in [0.5, 0.6) is 0 Å². The summed E-state index contributed by atoms with van der Waals surface area (Å²) in [4.78, 5) is 14.3. The number of aromatic nitrogens is 3. The standard InChI is InChI=1S/C14H11N3O4S.C6H15N/c1-9-6-7-12-11(8-9)15-16-17(12)14(18)10-4-2-3-5-13(10)22(19,20)21;1-4-7(5-2)6-3/h2-8H,1H3,(H,19,20,21);4-6H2,1-3H3/p-1. The van der Waals surface area contributed by atoms with Crippen LogP contribution < -0.4 is 0 Å². The zero-order valence-corrected chi connectivity index (χ0v) is 17.8. The summed E-state index contributed by atoms with van der Waals surface area (Å²) in [6, 6.07) is 10.4. The van der Waals surface area contributed by atoms with Crippen molar-refractivity contribution in [3.05, 3.63) is 53.6 Å². The normalized spacial score (nSPS) is 11.4. The maximum absolute atomic E-state index is 12.5. The van der Waals surface area contributed by atoms with E-state index in [1.807, 2.05) is 6.92 Å². The first-order chi connectivity index (χ1) is 13.7. The van der Waals surface area contributed by atoms with Crippen molar-refractivity contribution in [1.29, 1.82) is 0 Å². The molecule has 1 heterocycles. The lowest BCUT2D eigenvalue weighted by molar-refractivity contribution is 0.0944. The van der Waals surface area contributed by atoms with Gasteiger partial charge in [-0.25, -0.2) is 8.42 Å². The van der Waals surface area contributed by atoms with Gasteiger partial charge < -0.3 is 9.45 Å². The van der Waals surface area contributed by atoms with Crippen LogP contribution >= 0.6 is 0 Å². The lowest BCUT2D eigenvalue weighted by Gasteiger charge is -2.13. The summed E-state index contributed by atoms with van der Waals surface area (Å²) in [6.45, 7) is 12.0. The predicted molar refractivity (Wildman–Crippen MR) is 110 cm³/mol. The van der Waals surface area contributed by atoms with E-state index in [0.717, 1.165) is 16.3 Å². The molecule has 0 spiro atoms. The molecular formula is C20H25N4O4S-. The number of aryl methyl sites for hydroxylation is 1. The van der Waals surface area contributed by atoms with Gasteiger partial charge in [0.05, 0.1) is 16.0 Å². The maximum Gasteiger partial charge on any atom is 0.281 e. The summed E-state index contributed by atoms with van der Waals surface area (Å²) in [5.41, 5.74) is 1.67. The average molecular weight is 418 g/mol. The summed E-state index contributed by atoms with van der Waals surface area (Å²) < 4.78 is 34.8. The molecule has 0 aliphatic rings. The highest BCUT2D eigenvalue weighted by molar-refractivity contribution is 7.85. The number of carbonyl (C=O) groups excluding carboxylic acids is 1. The fourth-order valence-corrected chi connectivity index (χ4v) is 3.50. The minimum Gasteiger partial charge on any atom is -0.744 e. The van der Waals surface area contributed by atoms with Crippen molar-refractivity contribution >= 4 is 27.1 Å². The Kier molecular flexibility index (Phi) is 7.60. The number of fused-ring (bicyclic) bond motifs is 1. The summed E-state index contributed by atoms with van der Waals surface area (Å²) in [5.74, 6) is -0.721. The number of benzene rings is 2. The monoisotopic (exact) mass is 417 g/mol. The topological polar surface area (TPSA) is 108 Å². The number of carbonyl (C=O) groups is 1. The number of hydrogen-bond donors (Lipinski definition) is 0. The van der Waals surface area contributed by atoms with Crippen LogP contribution in [0, 0.1) is 6.92 Å².